The molecule has 0 aliphatic rings. The molecule has 3 aromatic rings. The summed E-state index contributed by atoms with van der Waals surface area (Å²) < 4.78 is 4.55. The molecule has 0 saturated carbocycles. The standard InChI is InChI=1S/C19H15Cl2NO3/c1-25-19(24)18(23)9-14(12-7-6-11(20)8-16(12)21)15-10-22-17-5-3-2-4-13(15)17/h2-8,10,14,22H,9H2,1H3. The van der Waals surface area contributed by atoms with Crippen LogP contribution in [-0.4, -0.2) is 23.8 Å². The smallest absolute Gasteiger partial charge is 0.374 e. The van der Waals surface area contributed by atoms with Crippen molar-refractivity contribution < 1.29 is 14.3 Å². The predicted octanol–water partition coefficient (Wildman–Crippen LogP) is 4.74. The van der Waals surface area contributed by atoms with E-state index in [1.165, 1.54) is 7.11 Å². The van der Waals surface area contributed by atoms with Crippen LogP contribution in [0, 0.1) is 0 Å². The highest BCUT2D eigenvalue weighted by molar-refractivity contribution is 6.35. The van der Waals surface area contributed by atoms with Gasteiger partial charge in [-0.1, -0.05) is 47.5 Å². The van der Waals surface area contributed by atoms with Gasteiger partial charge in [0.1, 0.15) is 0 Å². The van der Waals surface area contributed by atoms with Crippen molar-refractivity contribution in [3.8, 4) is 0 Å². The number of halogens is 2. The van der Waals surface area contributed by atoms with Crippen molar-refractivity contribution in [2.24, 2.45) is 0 Å². The van der Waals surface area contributed by atoms with Crippen LogP contribution in [0.4, 0.5) is 0 Å². The number of nitrogens with one attached hydrogen (secondary N) is 1. The molecule has 0 radical (unpaired) electrons. The van der Waals surface area contributed by atoms with E-state index in [2.05, 4.69) is 9.72 Å². The van der Waals surface area contributed by atoms with Crippen LogP contribution in [0.3, 0.4) is 0 Å². The van der Waals surface area contributed by atoms with Crippen LogP contribution in [0.25, 0.3) is 10.9 Å². The van der Waals surface area contributed by atoms with Gasteiger partial charge in [0.15, 0.2) is 0 Å². The Labute approximate surface area is 154 Å². The number of aromatic nitrogens is 1. The minimum Gasteiger partial charge on any atom is -0.463 e. The second-order valence-corrected chi connectivity index (χ2v) is 6.47. The highest BCUT2D eigenvalue weighted by Gasteiger charge is 2.26. The Morgan fingerprint density at radius 3 is 2.60 bits per heavy atom. The maximum absolute atomic E-state index is 12.2. The topological polar surface area (TPSA) is 59.2 Å². The number of aromatic amines is 1. The van der Waals surface area contributed by atoms with Gasteiger partial charge in [-0.3, -0.25) is 4.79 Å². The van der Waals surface area contributed by atoms with Crippen molar-refractivity contribution in [1.29, 1.82) is 0 Å². The van der Waals surface area contributed by atoms with Crippen LogP contribution in [0.1, 0.15) is 23.5 Å². The van der Waals surface area contributed by atoms with E-state index in [4.69, 9.17) is 23.2 Å². The number of para-hydroxylation sites is 1. The molecule has 1 N–H and O–H groups in total. The van der Waals surface area contributed by atoms with E-state index in [9.17, 15) is 9.59 Å². The quantitative estimate of drug-likeness (QED) is 0.517. The number of carbonyl (C=O) groups excluding carboxylic acids is 2. The monoisotopic (exact) mass is 375 g/mol. The Morgan fingerprint density at radius 2 is 1.88 bits per heavy atom. The molecule has 2 aromatic carbocycles. The maximum Gasteiger partial charge on any atom is 0.374 e. The summed E-state index contributed by atoms with van der Waals surface area (Å²) in [5.74, 6) is -1.87. The van der Waals surface area contributed by atoms with E-state index in [0.717, 1.165) is 22.0 Å². The molecule has 0 amide bonds. The zero-order valence-electron chi connectivity index (χ0n) is 13.4. The van der Waals surface area contributed by atoms with Crippen molar-refractivity contribution >= 4 is 45.9 Å². The van der Waals surface area contributed by atoms with Crippen LogP contribution in [0.2, 0.25) is 10.0 Å². The number of ether oxygens (including phenoxy) is 1. The molecule has 1 heterocycles. The Hall–Kier alpha value is -2.30. The summed E-state index contributed by atoms with van der Waals surface area (Å²) in [4.78, 5) is 27.0. The molecular formula is C19H15Cl2NO3. The molecule has 0 spiro atoms. The fraction of sp³-hybridized carbons (Fsp3) is 0.158. The lowest BCUT2D eigenvalue weighted by molar-refractivity contribution is -0.151. The van der Waals surface area contributed by atoms with Gasteiger partial charge in [-0.25, -0.2) is 4.79 Å². The Morgan fingerprint density at radius 1 is 1.12 bits per heavy atom. The third-order valence-corrected chi connectivity index (χ3v) is 4.70. The fourth-order valence-corrected chi connectivity index (χ4v) is 3.48. The van der Waals surface area contributed by atoms with Crippen molar-refractivity contribution in [3.63, 3.8) is 0 Å². The zero-order valence-corrected chi connectivity index (χ0v) is 14.9. The lowest BCUT2D eigenvalue weighted by Crippen LogP contribution is -2.19. The Bertz CT molecular complexity index is 949. The number of H-pyrrole nitrogens is 1. The molecule has 1 unspecified atom stereocenters. The summed E-state index contributed by atoms with van der Waals surface area (Å²) in [7, 11) is 1.19. The summed E-state index contributed by atoms with van der Waals surface area (Å²) in [5, 5.41) is 1.92. The first-order valence-corrected chi connectivity index (χ1v) is 8.39. The molecule has 6 heteroatoms. The van der Waals surface area contributed by atoms with Crippen molar-refractivity contribution in [1.82, 2.24) is 4.98 Å². The van der Waals surface area contributed by atoms with Gasteiger partial charge in [-0.15, -0.1) is 0 Å². The average Bonchev–Trinajstić information content (AvgIpc) is 3.03. The van der Waals surface area contributed by atoms with Gasteiger partial charge < -0.3 is 9.72 Å². The number of benzene rings is 2. The summed E-state index contributed by atoms with van der Waals surface area (Å²) >= 11 is 12.4. The number of esters is 1. The lowest BCUT2D eigenvalue weighted by Gasteiger charge is -2.18. The minimum atomic E-state index is -0.866. The van der Waals surface area contributed by atoms with E-state index >= 15 is 0 Å². The molecular weight excluding hydrogens is 361 g/mol. The number of hydrogen-bond acceptors (Lipinski definition) is 3. The number of carbonyl (C=O) groups is 2. The van der Waals surface area contributed by atoms with Gasteiger partial charge in [0.05, 0.1) is 7.11 Å². The van der Waals surface area contributed by atoms with Gasteiger partial charge in [-0.2, -0.15) is 0 Å². The molecule has 4 nitrogen and oxygen atoms in total. The number of rotatable bonds is 5. The fourth-order valence-electron chi connectivity index (χ4n) is 2.94. The molecule has 0 saturated heterocycles. The second-order valence-electron chi connectivity index (χ2n) is 5.63. The number of ketones is 1. The third-order valence-electron chi connectivity index (χ3n) is 4.14. The number of methoxy groups -OCH3 is 1. The minimum absolute atomic E-state index is 0.0458. The van der Waals surface area contributed by atoms with Gasteiger partial charge in [0.25, 0.3) is 0 Å². The van der Waals surface area contributed by atoms with E-state index < -0.39 is 17.7 Å². The van der Waals surface area contributed by atoms with Crippen LogP contribution >= 0.6 is 23.2 Å². The lowest BCUT2D eigenvalue weighted by atomic mass is 9.87. The van der Waals surface area contributed by atoms with E-state index in [0.29, 0.717) is 10.0 Å². The largest absolute Gasteiger partial charge is 0.463 e. The predicted molar refractivity (Wildman–Crippen MR) is 98.2 cm³/mol. The Balaban J connectivity index is 2.11. The Kier molecular flexibility index (Phi) is 5.11. The van der Waals surface area contributed by atoms with Gasteiger partial charge >= 0.3 is 5.97 Å². The van der Waals surface area contributed by atoms with E-state index in [-0.39, 0.29) is 6.42 Å². The molecule has 0 aliphatic heterocycles. The third kappa shape index (κ3) is 3.55. The van der Waals surface area contributed by atoms with Crippen LogP contribution in [0.5, 0.6) is 0 Å². The molecule has 1 atom stereocenters. The SMILES string of the molecule is COC(=O)C(=O)CC(c1ccc(Cl)cc1Cl)c1c[nH]c2ccccc12. The van der Waals surface area contributed by atoms with Crippen LogP contribution < -0.4 is 0 Å². The number of Topliss-reactive ketones (excluding diaryl/α,β-unsaturated/α-hetero) is 1. The first-order valence-electron chi connectivity index (χ1n) is 7.63. The normalized spacial score (nSPS) is 12.1. The molecule has 0 fully saturated rings. The van der Waals surface area contributed by atoms with Crippen molar-refractivity contribution in [2.45, 2.75) is 12.3 Å². The second kappa shape index (κ2) is 7.30. The molecule has 0 aliphatic carbocycles. The first kappa shape index (κ1) is 17.5. The average molecular weight is 376 g/mol. The summed E-state index contributed by atoms with van der Waals surface area (Å²) in [5.41, 5.74) is 2.56. The molecule has 1 aromatic heterocycles. The highest BCUT2D eigenvalue weighted by atomic mass is 35.5. The van der Waals surface area contributed by atoms with Crippen LogP contribution in [0.15, 0.2) is 48.7 Å². The van der Waals surface area contributed by atoms with Gasteiger partial charge in [0.2, 0.25) is 5.78 Å². The highest BCUT2D eigenvalue weighted by Crippen LogP contribution is 2.37. The van der Waals surface area contributed by atoms with Crippen molar-refractivity contribution in [3.05, 3.63) is 69.8 Å². The zero-order chi connectivity index (χ0) is 18.0. The van der Waals surface area contributed by atoms with Crippen LogP contribution in [-0.2, 0) is 14.3 Å². The van der Waals surface area contributed by atoms with E-state index in [1.807, 2.05) is 30.5 Å². The van der Waals surface area contributed by atoms with Gasteiger partial charge in [-0.05, 0) is 29.3 Å². The van der Waals surface area contributed by atoms with E-state index in [1.54, 1.807) is 18.2 Å². The number of fused-ring (bicyclic) bond motifs is 1. The molecule has 25 heavy (non-hydrogen) atoms. The maximum atomic E-state index is 12.2. The van der Waals surface area contributed by atoms with Crippen molar-refractivity contribution in [2.75, 3.05) is 7.11 Å². The number of hydrogen-bond donors (Lipinski definition) is 1. The summed E-state index contributed by atoms with van der Waals surface area (Å²) in [6.45, 7) is 0. The molecule has 128 valence electrons. The summed E-state index contributed by atoms with van der Waals surface area (Å²) in [6.07, 6.45) is 1.79. The summed E-state index contributed by atoms with van der Waals surface area (Å²) in [6, 6.07) is 12.9. The molecule has 0 bridgehead atoms. The first-order chi connectivity index (χ1) is 12.0. The van der Waals surface area contributed by atoms with Gasteiger partial charge in [0, 0.05) is 39.5 Å². The molecule has 3 rings (SSSR count).